The number of allylic oxidation sites excluding steroid dienone is 1. The zero-order chi connectivity index (χ0) is 14.0. The monoisotopic (exact) mass is 288 g/mol. The van der Waals surface area contributed by atoms with Gasteiger partial charge in [0, 0.05) is 18.3 Å². The molecular weight excluding hydrogens is 275 g/mol. The molecule has 1 aliphatic rings. The summed E-state index contributed by atoms with van der Waals surface area (Å²) in [6.45, 7) is -0.168. The standard InChI is InChI=1S/C10H13N2O6P/c13-9-3-4-12(10(14)11-9)8-2-1-7(5-8)6-18-19(15,16)17/h1,3-4,8H,2,5-6H2,(H,11,13,14)(H2,15,16,17)/t8-/m0/s1. The summed E-state index contributed by atoms with van der Waals surface area (Å²) in [5, 5.41) is 0. The van der Waals surface area contributed by atoms with Crippen LogP contribution in [0.15, 0.2) is 33.5 Å². The molecule has 3 N–H and O–H groups in total. The number of hydrogen-bond donors (Lipinski definition) is 3. The van der Waals surface area contributed by atoms with Gasteiger partial charge >= 0.3 is 13.5 Å². The van der Waals surface area contributed by atoms with Gasteiger partial charge in [0.05, 0.1) is 6.61 Å². The van der Waals surface area contributed by atoms with E-state index in [0.717, 1.165) is 0 Å². The molecule has 0 aliphatic heterocycles. The molecule has 1 atom stereocenters. The van der Waals surface area contributed by atoms with Crippen LogP contribution in [0.1, 0.15) is 18.9 Å². The van der Waals surface area contributed by atoms with E-state index < -0.39 is 19.1 Å². The van der Waals surface area contributed by atoms with Gasteiger partial charge in [-0.25, -0.2) is 9.36 Å². The fourth-order valence-electron chi connectivity index (χ4n) is 1.98. The molecule has 0 amide bonds. The molecule has 0 radical (unpaired) electrons. The van der Waals surface area contributed by atoms with Crippen LogP contribution in [0, 0.1) is 0 Å². The van der Waals surface area contributed by atoms with Crippen LogP contribution >= 0.6 is 7.82 Å². The Morgan fingerprint density at radius 1 is 1.47 bits per heavy atom. The van der Waals surface area contributed by atoms with Crippen molar-refractivity contribution >= 4 is 7.82 Å². The number of phosphoric acid groups is 1. The predicted octanol–water partition coefficient (Wildman–Crippen LogP) is -0.0928. The van der Waals surface area contributed by atoms with Crippen molar-refractivity contribution in [1.82, 2.24) is 9.55 Å². The first-order valence-corrected chi connectivity index (χ1v) is 7.07. The number of nitrogens with zero attached hydrogens (tertiary/aromatic N) is 1. The Morgan fingerprint density at radius 3 is 2.84 bits per heavy atom. The van der Waals surface area contributed by atoms with Crippen LogP contribution < -0.4 is 11.2 Å². The maximum Gasteiger partial charge on any atom is 0.469 e. The Kier molecular flexibility index (Phi) is 3.86. The van der Waals surface area contributed by atoms with Crippen LogP contribution in [0.4, 0.5) is 0 Å². The van der Waals surface area contributed by atoms with Crippen molar-refractivity contribution < 1.29 is 18.9 Å². The third kappa shape index (κ3) is 3.74. The van der Waals surface area contributed by atoms with E-state index in [9.17, 15) is 14.2 Å². The largest absolute Gasteiger partial charge is 0.469 e. The van der Waals surface area contributed by atoms with Gasteiger partial charge in [0.2, 0.25) is 0 Å². The highest BCUT2D eigenvalue weighted by Crippen LogP contribution is 2.38. The van der Waals surface area contributed by atoms with Gasteiger partial charge in [-0.05, 0) is 18.4 Å². The Hall–Kier alpha value is -1.47. The summed E-state index contributed by atoms with van der Waals surface area (Å²) < 4.78 is 16.4. The summed E-state index contributed by atoms with van der Waals surface area (Å²) in [4.78, 5) is 41.9. The van der Waals surface area contributed by atoms with E-state index in [1.165, 1.54) is 16.8 Å². The molecule has 0 saturated carbocycles. The third-order valence-electron chi connectivity index (χ3n) is 2.84. The van der Waals surface area contributed by atoms with Crippen LogP contribution in [0.25, 0.3) is 0 Å². The van der Waals surface area contributed by atoms with Crippen LogP contribution in [0.2, 0.25) is 0 Å². The van der Waals surface area contributed by atoms with Crippen molar-refractivity contribution in [3.63, 3.8) is 0 Å². The van der Waals surface area contributed by atoms with Gasteiger partial charge in [-0.1, -0.05) is 6.08 Å². The Bertz CT molecular complexity index is 654. The molecule has 19 heavy (non-hydrogen) atoms. The molecule has 1 aromatic heterocycles. The second kappa shape index (κ2) is 5.26. The molecule has 0 fully saturated rings. The molecule has 0 saturated heterocycles. The minimum Gasteiger partial charge on any atom is -0.303 e. The van der Waals surface area contributed by atoms with Crippen molar-refractivity contribution in [1.29, 1.82) is 0 Å². The number of aromatic nitrogens is 2. The van der Waals surface area contributed by atoms with Crippen molar-refractivity contribution in [2.75, 3.05) is 6.61 Å². The molecule has 2 rings (SSSR count). The fourth-order valence-corrected chi connectivity index (χ4v) is 2.32. The summed E-state index contributed by atoms with van der Waals surface area (Å²) in [6, 6.07) is 1.09. The lowest BCUT2D eigenvalue weighted by molar-refractivity contribution is 0.210. The van der Waals surface area contributed by atoms with Crippen LogP contribution in [0.5, 0.6) is 0 Å². The van der Waals surface area contributed by atoms with E-state index in [1.54, 1.807) is 6.08 Å². The molecule has 1 aromatic rings. The minimum absolute atomic E-state index is 0.167. The smallest absolute Gasteiger partial charge is 0.303 e. The second-order valence-electron chi connectivity index (χ2n) is 4.24. The molecule has 0 bridgehead atoms. The van der Waals surface area contributed by atoms with Crippen molar-refractivity contribution in [3.05, 3.63) is 44.8 Å². The van der Waals surface area contributed by atoms with Gasteiger partial charge in [0.15, 0.2) is 0 Å². The molecule has 0 unspecified atom stereocenters. The van der Waals surface area contributed by atoms with Gasteiger partial charge in [-0.3, -0.25) is 18.9 Å². The molecular formula is C10H13N2O6P. The highest BCUT2D eigenvalue weighted by atomic mass is 31.2. The Morgan fingerprint density at radius 2 is 2.21 bits per heavy atom. The molecule has 0 spiro atoms. The Labute approximate surface area is 107 Å². The van der Waals surface area contributed by atoms with E-state index in [-0.39, 0.29) is 12.6 Å². The van der Waals surface area contributed by atoms with Gasteiger partial charge in [-0.2, -0.15) is 0 Å². The quantitative estimate of drug-likeness (QED) is 0.525. The van der Waals surface area contributed by atoms with Crippen molar-refractivity contribution in [2.24, 2.45) is 0 Å². The van der Waals surface area contributed by atoms with E-state index in [1.807, 2.05) is 0 Å². The number of rotatable bonds is 4. The van der Waals surface area contributed by atoms with Crippen LogP contribution in [0.3, 0.4) is 0 Å². The van der Waals surface area contributed by atoms with Crippen LogP contribution in [-0.2, 0) is 9.09 Å². The summed E-state index contributed by atoms with van der Waals surface area (Å²) in [6.07, 6.45) is 4.18. The maximum atomic E-state index is 11.6. The van der Waals surface area contributed by atoms with Gasteiger partial charge in [-0.15, -0.1) is 0 Å². The molecule has 8 nitrogen and oxygen atoms in total. The third-order valence-corrected chi connectivity index (χ3v) is 3.30. The van der Waals surface area contributed by atoms with E-state index in [2.05, 4.69) is 9.51 Å². The number of aromatic amines is 1. The lowest BCUT2D eigenvalue weighted by atomic mass is 10.2. The molecule has 9 heteroatoms. The summed E-state index contributed by atoms with van der Waals surface area (Å²) in [5.74, 6) is 0. The zero-order valence-electron chi connectivity index (χ0n) is 9.85. The maximum absolute atomic E-state index is 11.6. The average molecular weight is 288 g/mol. The number of nitrogens with one attached hydrogen (secondary N) is 1. The molecule has 1 aliphatic carbocycles. The average Bonchev–Trinajstić information content (AvgIpc) is 2.74. The second-order valence-corrected chi connectivity index (χ2v) is 5.48. The number of hydrogen-bond acceptors (Lipinski definition) is 4. The van der Waals surface area contributed by atoms with Crippen molar-refractivity contribution in [3.8, 4) is 0 Å². The van der Waals surface area contributed by atoms with Crippen molar-refractivity contribution in [2.45, 2.75) is 18.9 Å². The van der Waals surface area contributed by atoms with E-state index >= 15 is 0 Å². The van der Waals surface area contributed by atoms with E-state index in [0.29, 0.717) is 18.4 Å². The molecule has 0 aromatic carbocycles. The number of phosphoric ester groups is 1. The lowest BCUT2D eigenvalue weighted by Gasteiger charge is -2.13. The fraction of sp³-hybridized carbons (Fsp3) is 0.400. The highest BCUT2D eigenvalue weighted by Gasteiger charge is 2.22. The number of H-pyrrole nitrogens is 1. The lowest BCUT2D eigenvalue weighted by Crippen LogP contribution is -2.30. The first-order chi connectivity index (χ1) is 8.85. The normalized spacial score (nSPS) is 19.5. The topological polar surface area (TPSA) is 122 Å². The summed E-state index contributed by atoms with van der Waals surface area (Å²) in [7, 11) is -4.48. The van der Waals surface area contributed by atoms with Crippen LogP contribution in [-0.4, -0.2) is 25.9 Å². The zero-order valence-corrected chi connectivity index (χ0v) is 10.7. The van der Waals surface area contributed by atoms with Gasteiger partial charge in [0.25, 0.3) is 5.56 Å². The first kappa shape index (κ1) is 14.0. The predicted molar refractivity (Wildman–Crippen MR) is 65.7 cm³/mol. The van der Waals surface area contributed by atoms with E-state index in [4.69, 9.17) is 9.79 Å². The highest BCUT2D eigenvalue weighted by molar-refractivity contribution is 7.46. The van der Waals surface area contributed by atoms with Gasteiger partial charge in [0.1, 0.15) is 0 Å². The first-order valence-electron chi connectivity index (χ1n) is 5.54. The minimum atomic E-state index is -4.48. The van der Waals surface area contributed by atoms with Gasteiger partial charge < -0.3 is 9.79 Å². The summed E-state index contributed by atoms with van der Waals surface area (Å²) >= 11 is 0. The summed E-state index contributed by atoms with van der Waals surface area (Å²) in [5.41, 5.74) is -0.244. The Balaban J connectivity index is 2.03. The molecule has 1 heterocycles. The SMILES string of the molecule is O=c1ccn([C@H]2CC=C(COP(=O)(O)O)C2)c(=O)[nH]1. The molecule has 104 valence electrons.